The number of nitrogens with zero attached hydrogens (tertiary/aromatic N) is 9. The molecular weight excluding hydrogens is 1700 g/mol. The molecule has 115 heavy (non-hydrogen) atoms. The van der Waals surface area contributed by atoms with Gasteiger partial charge < -0.3 is 55.0 Å². The van der Waals surface area contributed by atoms with E-state index in [1.54, 1.807) is 66.5 Å². The summed E-state index contributed by atoms with van der Waals surface area (Å²) in [4.78, 5) is 105. The Bertz CT molecular complexity index is 4450. The molecule has 8 atom stereocenters. The number of ether oxygens (including phenoxy) is 5. The van der Waals surface area contributed by atoms with Crippen LogP contribution in [0, 0.1) is 17.5 Å². The SMILES string of the molecule is CCOC(=O)C1=C(CN2CC(F)(F)CCC2CSCC(=O)O)NC(c2nccs2)=N[C@H]1c1ccc(F)cc1Cl.CCOC(=O)C1=C(CN2CC(F)CCC2COCC(=O)O)NC(c2nccs2)=N[C@H]1c1ccc(F)cc1Br.CCOC(=O)C1=C(CN2CC(F)CCC2COCC(=O)O)NC(c2nccs2)=N[C@H]1c1ccc(F)cc1Cl. The van der Waals surface area contributed by atoms with Crippen molar-refractivity contribution in [2.45, 2.75) is 114 Å². The van der Waals surface area contributed by atoms with Crippen molar-refractivity contribution >= 4 is 138 Å². The van der Waals surface area contributed by atoms with Crippen molar-refractivity contribution in [3.63, 3.8) is 0 Å². The number of carboxylic acids is 3. The number of carbonyl (C=O) groups is 6. The van der Waals surface area contributed by atoms with Gasteiger partial charge in [-0.1, -0.05) is 57.3 Å². The summed E-state index contributed by atoms with van der Waals surface area (Å²) in [6, 6.07) is 8.00. The van der Waals surface area contributed by atoms with Gasteiger partial charge in [-0.15, -0.1) is 45.8 Å². The first-order valence-electron chi connectivity index (χ1n) is 36.2. The van der Waals surface area contributed by atoms with E-state index in [2.05, 4.69) is 51.8 Å². The topological polar surface area (TPSA) is 331 Å². The van der Waals surface area contributed by atoms with Crippen molar-refractivity contribution in [2.75, 3.05) is 97.0 Å². The van der Waals surface area contributed by atoms with Gasteiger partial charge in [-0.25, -0.2) is 69.7 Å². The van der Waals surface area contributed by atoms with Gasteiger partial charge in [0.05, 0.1) is 62.1 Å². The van der Waals surface area contributed by atoms with E-state index in [-0.39, 0.29) is 135 Å². The minimum absolute atomic E-state index is 0.0396. The molecule has 40 heteroatoms. The fourth-order valence-corrected chi connectivity index (χ4v) is 17.3. The molecule has 0 saturated carbocycles. The molecule has 3 aromatic carbocycles. The highest BCUT2D eigenvalue weighted by molar-refractivity contribution is 9.10. The maximum atomic E-state index is 14.6. The average Bonchev–Trinajstić information content (AvgIpc) is 1.48. The number of aromatic nitrogens is 3. The van der Waals surface area contributed by atoms with Crippen molar-refractivity contribution in [3.8, 4) is 0 Å². The molecular formula is C75H80BrCl2F7N12O14S4. The molecule has 0 bridgehead atoms. The van der Waals surface area contributed by atoms with Crippen LogP contribution in [0.5, 0.6) is 0 Å². The van der Waals surface area contributed by atoms with Gasteiger partial charge in [-0.05, 0) is 94.8 Å². The molecule has 0 aliphatic carbocycles. The summed E-state index contributed by atoms with van der Waals surface area (Å²) in [5.41, 5.74) is 2.86. The van der Waals surface area contributed by atoms with Gasteiger partial charge in [0.15, 0.2) is 32.5 Å². The molecule has 0 amide bonds. The Morgan fingerprint density at radius 2 is 0.930 bits per heavy atom. The smallest absolute Gasteiger partial charge is 0.338 e. The first kappa shape index (κ1) is 89.1. The lowest BCUT2D eigenvalue weighted by Gasteiger charge is -2.40. The van der Waals surface area contributed by atoms with E-state index in [9.17, 15) is 59.5 Å². The molecule has 6 aliphatic rings. The Labute approximate surface area is 690 Å². The number of hydrogen-bond donors (Lipinski definition) is 6. The first-order chi connectivity index (χ1) is 55.1. The number of thiazole rings is 3. The molecule has 3 saturated heterocycles. The van der Waals surface area contributed by atoms with E-state index in [1.165, 1.54) is 70.4 Å². The Balaban J connectivity index is 0.000000182. The summed E-state index contributed by atoms with van der Waals surface area (Å²) in [5.74, 6) is -8.39. The summed E-state index contributed by atoms with van der Waals surface area (Å²) in [5, 5.41) is 43.5. The number of esters is 3. The second-order valence-corrected chi connectivity index (χ2v) is 31.9. The van der Waals surface area contributed by atoms with Crippen LogP contribution in [0.1, 0.15) is 109 Å². The summed E-state index contributed by atoms with van der Waals surface area (Å²) in [7, 11) is 0. The number of likely N-dealkylation sites (tertiary alicyclic amines) is 3. The number of thioether (sulfide) groups is 1. The molecule has 0 radical (unpaired) electrons. The maximum Gasteiger partial charge on any atom is 0.338 e. The van der Waals surface area contributed by atoms with Crippen LogP contribution < -0.4 is 16.0 Å². The van der Waals surface area contributed by atoms with E-state index in [0.29, 0.717) is 96.5 Å². The van der Waals surface area contributed by atoms with Crippen LogP contribution in [0.3, 0.4) is 0 Å². The maximum absolute atomic E-state index is 14.6. The van der Waals surface area contributed by atoms with E-state index in [0.717, 1.165) is 23.9 Å². The van der Waals surface area contributed by atoms with Crippen molar-refractivity contribution in [1.82, 2.24) is 45.6 Å². The first-order valence-corrected chi connectivity index (χ1v) is 41.5. The molecule has 3 aromatic heterocycles. The third-order valence-corrected chi connectivity index (χ3v) is 23.3. The number of nitrogens with one attached hydrogen (secondary N) is 3. The lowest BCUT2D eigenvalue weighted by Crippen LogP contribution is -2.52. The minimum atomic E-state index is -2.96. The zero-order chi connectivity index (χ0) is 82.6. The lowest BCUT2D eigenvalue weighted by atomic mass is 9.94. The van der Waals surface area contributed by atoms with Crippen molar-refractivity contribution < 1.29 is 98.5 Å². The Hall–Kier alpha value is -8.28. The van der Waals surface area contributed by atoms with Gasteiger partial charge in [0.1, 0.15) is 61.1 Å². The zero-order valence-electron chi connectivity index (χ0n) is 61.9. The Morgan fingerprint density at radius 1 is 0.548 bits per heavy atom. The van der Waals surface area contributed by atoms with Gasteiger partial charge >= 0.3 is 35.8 Å². The fourth-order valence-electron chi connectivity index (χ4n) is 13.5. The second kappa shape index (κ2) is 42.2. The molecule has 9 heterocycles. The van der Waals surface area contributed by atoms with Crippen LogP contribution in [0.2, 0.25) is 10.0 Å². The number of piperidine rings is 3. The fraction of sp³-hybridized carbons (Fsp3) is 0.440. The van der Waals surface area contributed by atoms with Crippen LogP contribution in [0.25, 0.3) is 0 Å². The van der Waals surface area contributed by atoms with Gasteiger partial charge in [0.2, 0.25) is 0 Å². The van der Waals surface area contributed by atoms with Gasteiger partial charge in [0.25, 0.3) is 5.92 Å². The van der Waals surface area contributed by atoms with Gasteiger partial charge in [0, 0.05) is 140 Å². The Kier molecular flexibility index (Phi) is 32.7. The standard InChI is InChI=1S/C25H27BrF2N4O5S.C25H26ClF3N4O4S2.C25H27ClF2N4O5S/c1-2-37-25(35)21-19(11-32-10-15(28)3-5-16(32)12-36-13-20(33)34)30-23(24-29-7-8-38-24)31-22(21)17-6-4-14(27)9-18(17)26;1-2-37-24(36)20-18(10-33-13-25(28,29)6-5-15(33)11-38-12-19(34)35)31-22(23-30-7-8-39-23)32-21(20)16-4-3-14(27)9-17(16)26;1-2-37-25(35)21-19(11-32-10-15(28)3-5-16(32)12-36-13-20(33)34)30-23(24-29-7-8-38-24)31-22(21)17-6-4-14(27)9-18(17)26/h4,6-9,15-16,22H,2-3,5,10-13H2,1H3,(H,30,31)(H,33,34);3-4,7-9,15,21H,2,5-6,10-13H2,1H3,(H,31,32)(H,34,35);4,6-9,15-16,22H,2-3,5,10-13H2,1H3,(H,30,31)(H,33,34)/t15?,16?,22-;15?,21-;15?,16?,22-/m000/s1. The molecule has 12 rings (SSSR count). The van der Waals surface area contributed by atoms with Crippen LogP contribution >= 0.6 is 84.9 Å². The minimum Gasteiger partial charge on any atom is -0.481 e. The summed E-state index contributed by atoms with van der Waals surface area (Å²) in [6.45, 7) is 4.23. The third kappa shape index (κ3) is 24.4. The number of hydrogen-bond acceptors (Lipinski definition) is 27. The quantitative estimate of drug-likeness (QED) is 0.0139. The number of benzene rings is 3. The molecule has 618 valence electrons. The number of alkyl halides is 4. The number of rotatable bonds is 30. The summed E-state index contributed by atoms with van der Waals surface area (Å²) in [6.07, 6.45) is 4.02. The molecule has 6 aliphatic heterocycles. The lowest BCUT2D eigenvalue weighted by molar-refractivity contribution is -0.144. The van der Waals surface area contributed by atoms with Crippen LogP contribution in [0.4, 0.5) is 30.7 Å². The number of aliphatic imine (C=N–C) groups is 3. The highest BCUT2D eigenvalue weighted by Crippen LogP contribution is 2.42. The van der Waals surface area contributed by atoms with Crippen molar-refractivity contribution in [1.29, 1.82) is 0 Å². The summed E-state index contributed by atoms with van der Waals surface area (Å²) < 4.78 is 127. The molecule has 5 unspecified atom stereocenters. The number of carboxylic acid groups (broad SMARTS) is 3. The highest BCUT2D eigenvalue weighted by atomic mass is 79.9. The average molecular weight is 1790 g/mol. The van der Waals surface area contributed by atoms with Crippen LogP contribution in [-0.2, 0) is 52.5 Å². The third-order valence-electron chi connectivity index (χ3n) is 18.5. The van der Waals surface area contributed by atoms with Crippen molar-refractivity contribution in [3.05, 3.63) is 187 Å². The molecule has 0 spiro atoms. The van der Waals surface area contributed by atoms with Crippen LogP contribution in [0.15, 0.2) is 143 Å². The van der Waals surface area contributed by atoms with Gasteiger partial charge in [-0.2, -0.15) is 0 Å². The predicted molar refractivity (Wildman–Crippen MR) is 422 cm³/mol. The molecule has 26 nitrogen and oxygen atoms in total. The highest BCUT2D eigenvalue weighted by Gasteiger charge is 2.44. The van der Waals surface area contributed by atoms with Gasteiger partial charge in [-0.3, -0.25) is 34.5 Å². The molecule has 6 N–H and O–H groups in total. The number of carbonyl (C=O) groups excluding carboxylic acids is 3. The van der Waals surface area contributed by atoms with Crippen molar-refractivity contribution in [2.24, 2.45) is 15.0 Å². The van der Waals surface area contributed by atoms with Crippen LogP contribution in [-0.4, -0.2) is 232 Å². The monoisotopic (exact) mass is 1780 g/mol. The van der Waals surface area contributed by atoms with E-state index < -0.39 is 109 Å². The zero-order valence-corrected chi connectivity index (χ0v) is 68.3. The Morgan fingerprint density at radius 3 is 1.29 bits per heavy atom. The predicted octanol–water partition coefficient (Wildman–Crippen LogP) is 12.4. The van der Waals surface area contributed by atoms with E-state index in [4.69, 9.17) is 72.2 Å². The number of aliphatic carboxylic acids is 3. The second-order valence-electron chi connectivity index (χ2n) is 26.6. The number of halogens is 10. The molecule has 6 aromatic rings. The summed E-state index contributed by atoms with van der Waals surface area (Å²) >= 11 is 21.3. The molecule has 3 fully saturated rings. The van der Waals surface area contributed by atoms with E-state index in [1.807, 2.05) is 9.80 Å². The largest absolute Gasteiger partial charge is 0.481 e. The number of amidine groups is 3. The van der Waals surface area contributed by atoms with E-state index >= 15 is 0 Å². The normalized spacial score (nSPS) is 21.8.